The van der Waals surface area contributed by atoms with Gasteiger partial charge in [0, 0.05) is 31.8 Å². The van der Waals surface area contributed by atoms with Crippen molar-refractivity contribution in [1.29, 1.82) is 0 Å². The molecule has 1 amide bonds. The molecule has 1 aliphatic rings. The highest BCUT2D eigenvalue weighted by molar-refractivity contribution is 5.78. The van der Waals surface area contributed by atoms with E-state index in [9.17, 15) is 13.6 Å². The zero-order valence-electron chi connectivity index (χ0n) is 10.4. The highest BCUT2D eigenvalue weighted by Crippen LogP contribution is 2.36. The van der Waals surface area contributed by atoms with Crippen molar-refractivity contribution in [1.82, 2.24) is 10.6 Å². The van der Waals surface area contributed by atoms with Crippen molar-refractivity contribution in [3.8, 4) is 0 Å². The Morgan fingerprint density at radius 3 is 2.76 bits per heavy atom. The third-order valence-electron chi connectivity index (χ3n) is 3.04. The predicted octanol–water partition coefficient (Wildman–Crippen LogP) is 1.93. The molecule has 1 rings (SSSR count). The summed E-state index contributed by atoms with van der Waals surface area (Å²) in [5.41, 5.74) is 0. The Labute approximate surface area is 101 Å². The molecule has 1 fully saturated rings. The van der Waals surface area contributed by atoms with Gasteiger partial charge in [-0.05, 0) is 25.8 Å². The van der Waals surface area contributed by atoms with E-state index in [0.717, 1.165) is 13.0 Å². The van der Waals surface area contributed by atoms with Crippen LogP contribution in [-0.4, -0.2) is 31.5 Å². The summed E-state index contributed by atoms with van der Waals surface area (Å²) in [4.78, 5) is 11.6. The Kier molecular flexibility index (Phi) is 5.82. The van der Waals surface area contributed by atoms with Crippen molar-refractivity contribution in [2.45, 2.75) is 45.0 Å². The van der Waals surface area contributed by atoms with Gasteiger partial charge in [0.25, 0.3) is 0 Å². The van der Waals surface area contributed by atoms with Gasteiger partial charge in [-0.2, -0.15) is 0 Å². The number of hydrogen-bond donors (Lipinski definition) is 2. The topological polar surface area (TPSA) is 41.1 Å². The quantitative estimate of drug-likeness (QED) is 0.705. The average molecular weight is 248 g/mol. The first kappa shape index (κ1) is 14.4. The van der Waals surface area contributed by atoms with Gasteiger partial charge in [-0.15, -0.1) is 0 Å². The van der Waals surface area contributed by atoms with Gasteiger partial charge in [-0.25, -0.2) is 8.78 Å². The van der Waals surface area contributed by atoms with Crippen LogP contribution in [0, 0.1) is 5.92 Å². The van der Waals surface area contributed by atoms with E-state index in [-0.39, 0.29) is 18.7 Å². The van der Waals surface area contributed by atoms with Crippen LogP contribution >= 0.6 is 0 Å². The second kappa shape index (κ2) is 6.89. The largest absolute Gasteiger partial charge is 0.355 e. The summed E-state index contributed by atoms with van der Waals surface area (Å²) >= 11 is 0. The van der Waals surface area contributed by atoms with Gasteiger partial charge in [-0.3, -0.25) is 4.79 Å². The molecule has 1 aliphatic carbocycles. The summed E-state index contributed by atoms with van der Waals surface area (Å²) < 4.78 is 26.2. The van der Waals surface area contributed by atoms with Gasteiger partial charge in [0.2, 0.25) is 11.8 Å². The van der Waals surface area contributed by atoms with Crippen LogP contribution in [0.25, 0.3) is 0 Å². The van der Waals surface area contributed by atoms with E-state index in [0.29, 0.717) is 25.9 Å². The lowest BCUT2D eigenvalue weighted by Gasteiger charge is -2.27. The summed E-state index contributed by atoms with van der Waals surface area (Å²) in [5.74, 6) is -3.38. The Balaban J connectivity index is 2.18. The third-order valence-corrected chi connectivity index (χ3v) is 3.04. The summed E-state index contributed by atoms with van der Waals surface area (Å²) in [6.45, 7) is 4.19. The number of nitrogens with one attached hydrogen (secondary N) is 2. The van der Waals surface area contributed by atoms with Gasteiger partial charge in [0.15, 0.2) is 0 Å². The molecule has 17 heavy (non-hydrogen) atoms. The number of halogens is 2. The van der Waals surface area contributed by atoms with Crippen LogP contribution in [-0.2, 0) is 4.79 Å². The second-order valence-corrected chi connectivity index (χ2v) is 4.69. The molecule has 3 nitrogen and oxygen atoms in total. The third kappa shape index (κ3) is 5.44. The lowest BCUT2D eigenvalue weighted by molar-refractivity contribution is -0.132. The minimum atomic E-state index is -2.65. The number of amides is 1. The molecule has 0 aliphatic heterocycles. The number of carbonyl (C=O) groups excluding carboxylic acids is 1. The van der Waals surface area contributed by atoms with Crippen molar-refractivity contribution >= 4 is 5.91 Å². The molecule has 1 saturated carbocycles. The monoisotopic (exact) mass is 248 g/mol. The van der Waals surface area contributed by atoms with E-state index in [2.05, 4.69) is 17.6 Å². The number of rotatable bonds is 6. The van der Waals surface area contributed by atoms with E-state index < -0.39 is 11.8 Å². The minimum Gasteiger partial charge on any atom is -0.355 e. The molecule has 1 unspecified atom stereocenters. The summed E-state index contributed by atoms with van der Waals surface area (Å²) in [6.07, 6.45) is 1.71. The SMILES string of the molecule is CCCNCCNC(=O)C1CCCC(F)(F)C1. The molecular weight excluding hydrogens is 226 g/mol. The molecule has 0 spiro atoms. The molecule has 1 atom stereocenters. The fourth-order valence-electron chi connectivity index (χ4n) is 2.12. The maximum Gasteiger partial charge on any atom is 0.248 e. The van der Waals surface area contributed by atoms with Gasteiger partial charge >= 0.3 is 0 Å². The molecule has 0 radical (unpaired) electrons. The first-order valence-electron chi connectivity index (χ1n) is 6.41. The van der Waals surface area contributed by atoms with Crippen LogP contribution in [0.3, 0.4) is 0 Å². The van der Waals surface area contributed by atoms with Crippen molar-refractivity contribution in [2.24, 2.45) is 5.92 Å². The minimum absolute atomic E-state index is 0.0746. The van der Waals surface area contributed by atoms with E-state index in [4.69, 9.17) is 0 Å². The zero-order chi connectivity index (χ0) is 12.7. The number of alkyl halides is 2. The first-order valence-corrected chi connectivity index (χ1v) is 6.41. The maximum atomic E-state index is 13.1. The zero-order valence-corrected chi connectivity index (χ0v) is 10.4. The number of hydrogen-bond acceptors (Lipinski definition) is 2. The summed E-state index contributed by atoms with van der Waals surface area (Å²) in [7, 11) is 0. The molecule has 0 aromatic rings. The Morgan fingerprint density at radius 2 is 2.12 bits per heavy atom. The number of carbonyl (C=O) groups is 1. The predicted molar refractivity (Wildman–Crippen MR) is 63.1 cm³/mol. The van der Waals surface area contributed by atoms with Gasteiger partial charge < -0.3 is 10.6 Å². The standard InChI is InChI=1S/C12H22F2N2O/c1-2-6-15-7-8-16-11(17)10-4-3-5-12(13,14)9-10/h10,15H,2-9H2,1H3,(H,16,17). The molecule has 0 aromatic carbocycles. The van der Waals surface area contributed by atoms with E-state index in [1.807, 2.05) is 0 Å². The second-order valence-electron chi connectivity index (χ2n) is 4.69. The van der Waals surface area contributed by atoms with E-state index in [1.165, 1.54) is 0 Å². The molecule has 0 saturated heterocycles. The van der Waals surface area contributed by atoms with Gasteiger partial charge in [-0.1, -0.05) is 6.92 Å². The average Bonchev–Trinajstić information content (AvgIpc) is 2.27. The Morgan fingerprint density at radius 1 is 1.35 bits per heavy atom. The molecule has 2 N–H and O–H groups in total. The molecular formula is C12H22F2N2O. The molecule has 5 heteroatoms. The first-order chi connectivity index (χ1) is 8.05. The molecule has 0 heterocycles. The molecule has 0 bridgehead atoms. The smallest absolute Gasteiger partial charge is 0.248 e. The van der Waals surface area contributed by atoms with Gasteiger partial charge in [0.05, 0.1) is 0 Å². The lowest BCUT2D eigenvalue weighted by Crippen LogP contribution is -2.40. The fraction of sp³-hybridized carbons (Fsp3) is 0.917. The normalized spacial score (nSPS) is 23.4. The molecule has 0 aromatic heterocycles. The van der Waals surface area contributed by atoms with Crippen LogP contribution in [0.15, 0.2) is 0 Å². The van der Waals surface area contributed by atoms with Crippen LogP contribution in [0.1, 0.15) is 39.0 Å². The van der Waals surface area contributed by atoms with Gasteiger partial charge in [0.1, 0.15) is 0 Å². The maximum absolute atomic E-state index is 13.1. The fourth-order valence-corrected chi connectivity index (χ4v) is 2.12. The van der Waals surface area contributed by atoms with E-state index in [1.54, 1.807) is 0 Å². The molecule has 100 valence electrons. The van der Waals surface area contributed by atoms with Crippen molar-refractivity contribution < 1.29 is 13.6 Å². The van der Waals surface area contributed by atoms with Crippen molar-refractivity contribution in [3.05, 3.63) is 0 Å². The van der Waals surface area contributed by atoms with Crippen molar-refractivity contribution in [2.75, 3.05) is 19.6 Å². The van der Waals surface area contributed by atoms with Crippen molar-refractivity contribution in [3.63, 3.8) is 0 Å². The summed E-state index contributed by atoms with van der Waals surface area (Å²) in [6, 6.07) is 0. The van der Waals surface area contributed by atoms with E-state index >= 15 is 0 Å². The highest BCUT2D eigenvalue weighted by atomic mass is 19.3. The highest BCUT2D eigenvalue weighted by Gasteiger charge is 2.38. The summed E-state index contributed by atoms with van der Waals surface area (Å²) in [5, 5.41) is 5.86. The van der Waals surface area contributed by atoms with Crippen LogP contribution in [0.2, 0.25) is 0 Å². The van der Waals surface area contributed by atoms with Crippen LogP contribution in [0.5, 0.6) is 0 Å². The Bertz CT molecular complexity index is 247. The van der Waals surface area contributed by atoms with Crippen LogP contribution < -0.4 is 10.6 Å². The lowest BCUT2D eigenvalue weighted by atomic mass is 9.86. The Hall–Kier alpha value is -0.710. The van der Waals surface area contributed by atoms with Crippen LogP contribution in [0.4, 0.5) is 8.78 Å².